The molecular formula is C9H18N2O4. The van der Waals surface area contributed by atoms with E-state index in [1.54, 1.807) is 0 Å². The molecule has 0 fully saturated rings. The van der Waals surface area contributed by atoms with Gasteiger partial charge in [0.25, 0.3) is 0 Å². The number of aliphatic carboxylic acids is 1. The van der Waals surface area contributed by atoms with E-state index in [0.717, 1.165) is 0 Å². The molecule has 0 aromatic carbocycles. The lowest BCUT2D eigenvalue weighted by Crippen LogP contribution is -2.50. The third-order valence-corrected chi connectivity index (χ3v) is 1.86. The summed E-state index contributed by atoms with van der Waals surface area (Å²) >= 11 is 0. The molecule has 6 heteroatoms. The van der Waals surface area contributed by atoms with Gasteiger partial charge in [0, 0.05) is 0 Å². The Morgan fingerprint density at radius 3 is 2.27 bits per heavy atom. The summed E-state index contributed by atoms with van der Waals surface area (Å²) in [5.41, 5.74) is 5.53. The van der Waals surface area contributed by atoms with Gasteiger partial charge in [0.15, 0.2) is 0 Å². The van der Waals surface area contributed by atoms with Gasteiger partial charge in [-0.3, -0.25) is 4.79 Å². The molecule has 0 aliphatic heterocycles. The standard InChI is InChI=1S/C9H18N2O4/c1-5(2)3-6(10)8(13)11-7(4-12)9(14)15/h5-7,12H,3-4,10H2,1-2H3,(H,11,13)(H,14,15)/t6-,7?/m1/s1. The number of carboxylic acids is 1. The highest BCUT2D eigenvalue weighted by atomic mass is 16.4. The number of carbonyl (C=O) groups is 2. The van der Waals surface area contributed by atoms with Crippen molar-refractivity contribution >= 4 is 11.9 Å². The summed E-state index contributed by atoms with van der Waals surface area (Å²) in [7, 11) is 0. The minimum atomic E-state index is -1.28. The van der Waals surface area contributed by atoms with Crippen LogP contribution < -0.4 is 11.1 Å². The lowest BCUT2D eigenvalue weighted by Gasteiger charge is -2.17. The molecule has 88 valence electrons. The van der Waals surface area contributed by atoms with E-state index >= 15 is 0 Å². The molecule has 0 heterocycles. The highest BCUT2D eigenvalue weighted by molar-refractivity contribution is 5.86. The highest BCUT2D eigenvalue weighted by Crippen LogP contribution is 2.02. The summed E-state index contributed by atoms with van der Waals surface area (Å²) in [5, 5.41) is 19.4. The number of rotatable bonds is 6. The predicted octanol–water partition coefficient (Wildman–Crippen LogP) is -1.08. The Hall–Kier alpha value is -1.14. The number of carboxylic acid groups (broad SMARTS) is 1. The van der Waals surface area contributed by atoms with E-state index in [0.29, 0.717) is 6.42 Å². The van der Waals surface area contributed by atoms with Crippen LogP contribution in [0.2, 0.25) is 0 Å². The molecule has 2 atom stereocenters. The van der Waals surface area contributed by atoms with Gasteiger partial charge in [-0.05, 0) is 12.3 Å². The van der Waals surface area contributed by atoms with Crippen molar-refractivity contribution in [1.29, 1.82) is 0 Å². The lowest BCUT2D eigenvalue weighted by molar-refractivity contribution is -0.143. The van der Waals surface area contributed by atoms with Crippen molar-refractivity contribution in [1.82, 2.24) is 5.32 Å². The van der Waals surface area contributed by atoms with Crippen LogP contribution in [-0.4, -0.2) is 40.8 Å². The number of carbonyl (C=O) groups excluding carboxylic acids is 1. The van der Waals surface area contributed by atoms with Gasteiger partial charge < -0.3 is 21.3 Å². The highest BCUT2D eigenvalue weighted by Gasteiger charge is 2.22. The monoisotopic (exact) mass is 218 g/mol. The van der Waals surface area contributed by atoms with E-state index in [9.17, 15) is 9.59 Å². The molecule has 1 unspecified atom stereocenters. The number of nitrogens with two attached hydrogens (primary N) is 1. The fraction of sp³-hybridized carbons (Fsp3) is 0.778. The van der Waals surface area contributed by atoms with Crippen LogP contribution in [0.3, 0.4) is 0 Å². The van der Waals surface area contributed by atoms with Crippen LogP contribution >= 0.6 is 0 Å². The first-order valence-corrected chi connectivity index (χ1v) is 4.78. The molecule has 5 N–H and O–H groups in total. The van der Waals surface area contributed by atoms with Gasteiger partial charge in [-0.15, -0.1) is 0 Å². The van der Waals surface area contributed by atoms with Gasteiger partial charge >= 0.3 is 5.97 Å². The minimum Gasteiger partial charge on any atom is -0.480 e. The Kier molecular flexibility index (Phi) is 5.88. The quantitative estimate of drug-likeness (QED) is 0.453. The van der Waals surface area contributed by atoms with Crippen molar-refractivity contribution in [3.8, 4) is 0 Å². The normalized spacial score (nSPS) is 14.7. The Morgan fingerprint density at radius 1 is 1.40 bits per heavy atom. The second kappa shape index (κ2) is 6.36. The molecule has 6 nitrogen and oxygen atoms in total. The van der Waals surface area contributed by atoms with E-state index < -0.39 is 30.6 Å². The largest absolute Gasteiger partial charge is 0.480 e. The summed E-state index contributed by atoms with van der Waals surface area (Å²) < 4.78 is 0. The molecule has 0 saturated carbocycles. The number of aliphatic hydroxyl groups is 1. The summed E-state index contributed by atoms with van der Waals surface area (Å²) in [5.74, 6) is -1.57. The van der Waals surface area contributed by atoms with E-state index in [1.807, 2.05) is 13.8 Å². The van der Waals surface area contributed by atoms with Crippen molar-refractivity contribution in [2.24, 2.45) is 11.7 Å². The third kappa shape index (κ3) is 5.34. The van der Waals surface area contributed by atoms with E-state index in [-0.39, 0.29) is 5.92 Å². The van der Waals surface area contributed by atoms with Crippen LogP contribution in [0.5, 0.6) is 0 Å². The minimum absolute atomic E-state index is 0.253. The summed E-state index contributed by atoms with van der Waals surface area (Å²) in [6, 6.07) is -2.02. The van der Waals surface area contributed by atoms with Crippen molar-refractivity contribution in [3.05, 3.63) is 0 Å². The number of hydrogen-bond donors (Lipinski definition) is 4. The Labute approximate surface area is 88.5 Å². The zero-order valence-electron chi connectivity index (χ0n) is 8.93. The Bertz CT molecular complexity index is 230. The summed E-state index contributed by atoms with van der Waals surface area (Å²) in [4.78, 5) is 21.8. The molecule has 0 saturated heterocycles. The molecule has 0 spiro atoms. The maximum atomic E-state index is 11.3. The first-order valence-electron chi connectivity index (χ1n) is 4.78. The van der Waals surface area contributed by atoms with Crippen LogP contribution in [0.15, 0.2) is 0 Å². The number of hydrogen-bond acceptors (Lipinski definition) is 4. The van der Waals surface area contributed by atoms with Crippen molar-refractivity contribution < 1.29 is 19.8 Å². The molecule has 0 aromatic rings. The Morgan fingerprint density at radius 2 is 1.93 bits per heavy atom. The Balaban J connectivity index is 4.16. The van der Waals surface area contributed by atoms with Gasteiger partial charge in [0.05, 0.1) is 12.6 Å². The number of nitrogens with one attached hydrogen (secondary N) is 1. The zero-order valence-corrected chi connectivity index (χ0v) is 8.93. The molecule has 0 aliphatic rings. The zero-order chi connectivity index (χ0) is 12.0. The predicted molar refractivity (Wildman–Crippen MR) is 54.1 cm³/mol. The maximum Gasteiger partial charge on any atom is 0.328 e. The van der Waals surface area contributed by atoms with Crippen LogP contribution in [0, 0.1) is 5.92 Å². The fourth-order valence-corrected chi connectivity index (χ4v) is 1.08. The van der Waals surface area contributed by atoms with Gasteiger partial charge in [0.1, 0.15) is 6.04 Å². The molecule has 0 aliphatic carbocycles. The van der Waals surface area contributed by atoms with Gasteiger partial charge in [0.2, 0.25) is 5.91 Å². The molecule has 0 rings (SSSR count). The molecule has 0 bridgehead atoms. The van der Waals surface area contributed by atoms with E-state index in [4.69, 9.17) is 15.9 Å². The fourth-order valence-electron chi connectivity index (χ4n) is 1.08. The van der Waals surface area contributed by atoms with Gasteiger partial charge in [-0.25, -0.2) is 4.79 Å². The van der Waals surface area contributed by atoms with Crippen molar-refractivity contribution in [3.63, 3.8) is 0 Å². The molecule has 0 aromatic heterocycles. The number of aliphatic hydroxyl groups excluding tert-OH is 1. The van der Waals surface area contributed by atoms with Crippen LogP contribution in [0.1, 0.15) is 20.3 Å². The maximum absolute atomic E-state index is 11.3. The average molecular weight is 218 g/mol. The average Bonchev–Trinajstić information content (AvgIpc) is 2.11. The second-order valence-corrected chi connectivity index (χ2v) is 3.82. The molecule has 15 heavy (non-hydrogen) atoms. The van der Waals surface area contributed by atoms with Crippen molar-refractivity contribution in [2.45, 2.75) is 32.4 Å². The summed E-state index contributed by atoms with van der Waals surface area (Å²) in [6.07, 6.45) is 0.476. The topological polar surface area (TPSA) is 113 Å². The van der Waals surface area contributed by atoms with Crippen LogP contribution in [0.4, 0.5) is 0 Å². The van der Waals surface area contributed by atoms with E-state index in [1.165, 1.54) is 0 Å². The van der Waals surface area contributed by atoms with Gasteiger partial charge in [-0.1, -0.05) is 13.8 Å². The number of amides is 1. The first kappa shape index (κ1) is 13.9. The SMILES string of the molecule is CC(C)C[C@@H](N)C(=O)NC(CO)C(=O)O. The first-order chi connectivity index (χ1) is 6.88. The van der Waals surface area contributed by atoms with Crippen LogP contribution in [-0.2, 0) is 9.59 Å². The van der Waals surface area contributed by atoms with Crippen LogP contribution in [0.25, 0.3) is 0 Å². The van der Waals surface area contributed by atoms with E-state index in [2.05, 4.69) is 5.32 Å². The molecule has 0 radical (unpaired) electrons. The lowest BCUT2D eigenvalue weighted by atomic mass is 10.0. The van der Waals surface area contributed by atoms with Crippen molar-refractivity contribution in [2.75, 3.05) is 6.61 Å². The molecule has 1 amide bonds. The smallest absolute Gasteiger partial charge is 0.328 e. The third-order valence-electron chi connectivity index (χ3n) is 1.86. The molecular weight excluding hydrogens is 200 g/mol. The summed E-state index contributed by atoms with van der Waals surface area (Å²) in [6.45, 7) is 3.18. The van der Waals surface area contributed by atoms with Gasteiger partial charge in [-0.2, -0.15) is 0 Å². The second-order valence-electron chi connectivity index (χ2n) is 3.82.